The Hall–Kier alpha value is -3.16. The monoisotopic (exact) mass is 327 g/mol. The molecular weight excluding hydrogens is 310 g/mol. The van der Waals surface area contributed by atoms with Crippen molar-refractivity contribution < 1.29 is 9.90 Å². The topological polar surface area (TPSA) is 102 Å². The summed E-state index contributed by atoms with van der Waals surface area (Å²) in [4.78, 5) is 31.5. The highest BCUT2D eigenvalue weighted by Crippen LogP contribution is 2.19. The Morgan fingerprint density at radius 3 is 2.88 bits per heavy atom. The van der Waals surface area contributed by atoms with Gasteiger partial charge in [-0.1, -0.05) is 12.1 Å². The maximum Gasteiger partial charge on any atom is 0.323 e. The average Bonchev–Trinajstić information content (AvgIpc) is 2.85. The van der Waals surface area contributed by atoms with Crippen molar-refractivity contribution in [2.45, 2.75) is 20.0 Å². The van der Waals surface area contributed by atoms with E-state index in [1.165, 1.54) is 12.4 Å². The van der Waals surface area contributed by atoms with Crippen molar-refractivity contribution in [2.24, 2.45) is 7.05 Å². The van der Waals surface area contributed by atoms with Crippen LogP contribution in [0.15, 0.2) is 35.4 Å². The summed E-state index contributed by atoms with van der Waals surface area (Å²) in [6.45, 7) is 1.93. The molecule has 0 amide bonds. The van der Waals surface area contributed by atoms with Crippen LogP contribution >= 0.6 is 0 Å². The number of nitrogens with zero attached hydrogens (tertiary/aromatic N) is 4. The van der Waals surface area contributed by atoms with Crippen LogP contribution in [0, 0.1) is 6.92 Å². The summed E-state index contributed by atoms with van der Waals surface area (Å²) in [5.41, 5.74) is 2.57. The van der Waals surface area contributed by atoms with Crippen molar-refractivity contribution in [1.82, 2.24) is 19.1 Å². The van der Waals surface area contributed by atoms with Crippen LogP contribution in [-0.4, -0.2) is 30.2 Å². The molecule has 3 aromatic rings. The minimum absolute atomic E-state index is 0.0996. The molecule has 0 unspecified atom stereocenters. The molecule has 0 atom stereocenters. The molecule has 24 heavy (non-hydrogen) atoms. The molecule has 0 aliphatic carbocycles. The van der Waals surface area contributed by atoms with E-state index in [4.69, 9.17) is 5.11 Å². The fourth-order valence-corrected chi connectivity index (χ4v) is 2.67. The maximum absolute atomic E-state index is 12.2. The normalized spacial score (nSPS) is 10.9. The molecule has 2 N–H and O–H groups in total. The summed E-state index contributed by atoms with van der Waals surface area (Å²) >= 11 is 0. The molecule has 124 valence electrons. The van der Waals surface area contributed by atoms with Crippen molar-refractivity contribution in [3.8, 4) is 0 Å². The van der Waals surface area contributed by atoms with Gasteiger partial charge < -0.3 is 15.0 Å². The Balaban J connectivity index is 1.87. The van der Waals surface area contributed by atoms with Gasteiger partial charge in [-0.3, -0.25) is 14.2 Å². The molecule has 1 aromatic carbocycles. The molecule has 2 heterocycles. The van der Waals surface area contributed by atoms with E-state index < -0.39 is 18.1 Å². The van der Waals surface area contributed by atoms with Crippen molar-refractivity contribution in [3.63, 3.8) is 0 Å². The molecule has 3 rings (SSSR count). The fourth-order valence-electron chi connectivity index (χ4n) is 2.67. The second-order valence-electron chi connectivity index (χ2n) is 5.49. The number of fused-ring (bicyclic) bond motifs is 1. The highest BCUT2D eigenvalue weighted by molar-refractivity contribution is 5.79. The summed E-state index contributed by atoms with van der Waals surface area (Å²) in [5.74, 6) is -0.225. The van der Waals surface area contributed by atoms with Crippen LogP contribution in [0.1, 0.15) is 11.4 Å². The number of aromatic nitrogens is 4. The zero-order valence-electron chi connectivity index (χ0n) is 13.4. The van der Waals surface area contributed by atoms with Gasteiger partial charge in [0.2, 0.25) is 0 Å². The van der Waals surface area contributed by atoms with Crippen LogP contribution in [-0.2, 0) is 24.9 Å². The van der Waals surface area contributed by atoms with Gasteiger partial charge in [0, 0.05) is 19.4 Å². The van der Waals surface area contributed by atoms with E-state index in [1.807, 2.05) is 36.7 Å². The largest absolute Gasteiger partial charge is 0.480 e. The quantitative estimate of drug-likeness (QED) is 0.728. The third-order valence-corrected chi connectivity index (χ3v) is 3.82. The number of para-hydroxylation sites is 1. The highest BCUT2D eigenvalue weighted by Gasteiger charge is 2.11. The van der Waals surface area contributed by atoms with Crippen LogP contribution in [0.4, 0.5) is 5.82 Å². The lowest BCUT2D eigenvalue weighted by atomic mass is 10.2. The number of aryl methyl sites for hydroxylation is 2. The van der Waals surface area contributed by atoms with Crippen molar-refractivity contribution in [3.05, 3.63) is 52.3 Å². The molecular formula is C16H17N5O3. The molecule has 0 aliphatic heterocycles. The van der Waals surface area contributed by atoms with E-state index in [0.717, 1.165) is 27.0 Å². The van der Waals surface area contributed by atoms with Crippen LogP contribution < -0.4 is 10.9 Å². The van der Waals surface area contributed by atoms with Crippen LogP contribution in [0.3, 0.4) is 0 Å². The van der Waals surface area contributed by atoms with E-state index in [0.29, 0.717) is 6.54 Å². The molecule has 0 radical (unpaired) electrons. The van der Waals surface area contributed by atoms with Gasteiger partial charge >= 0.3 is 5.97 Å². The van der Waals surface area contributed by atoms with Gasteiger partial charge in [0.15, 0.2) is 5.82 Å². The second kappa shape index (κ2) is 6.15. The van der Waals surface area contributed by atoms with Gasteiger partial charge in [-0.25, -0.2) is 9.97 Å². The standard InChI is InChI=1S/C16H17N5O3/c1-10-4-3-5-11-14(10)20(2)12(19-11)8-18-15-16(24)21(7-6-17-15)9-13(22)23/h3-7H,8-9H2,1-2H3,(H,17,18)(H,22,23). The zero-order valence-corrected chi connectivity index (χ0v) is 13.4. The van der Waals surface area contributed by atoms with E-state index >= 15 is 0 Å². The smallest absolute Gasteiger partial charge is 0.323 e. The number of anilines is 1. The van der Waals surface area contributed by atoms with Gasteiger partial charge in [0.05, 0.1) is 17.6 Å². The summed E-state index contributed by atoms with van der Waals surface area (Å²) in [6, 6.07) is 5.90. The number of nitrogens with one attached hydrogen (secondary N) is 1. The predicted molar refractivity (Wildman–Crippen MR) is 88.9 cm³/mol. The number of hydrogen-bond acceptors (Lipinski definition) is 5. The molecule has 0 fully saturated rings. The van der Waals surface area contributed by atoms with Gasteiger partial charge in [-0.05, 0) is 18.6 Å². The van der Waals surface area contributed by atoms with Crippen LogP contribution in [0.25, 0.3) is 11.0 Å². The molecule has 8 nitrogen and oxygen atoms in total. The average molecular weight is 327 g/mol. The van der Waals surface area contributed by atoms with Gasteiger partial charge in [0.1, 0.15) is 12.4 Å². The van der Waals surface area contributed by atoms with Gasteiger partial charge in [-0.15, -0.1) is 0 Å². The summed E-state index contributed by atoms with van der Waals surface area (Å²) in [5, 5.41) is 11.8. The van der Waals surface area contributed by atoms with Crippen LogP contribution in [0.5, 0.6) is 0 Å². The van der Waals surface area contributed by atoms with Gasteiger partial charge in [0.25, 0.3) is 5.56 Å². The van der Waals surface area contributed by atoms with Crippen molar-refractivity contribution >= 4 is 22.8 Å². The number of benzene rings is 1. The Morgan fingerprint density at radius 2 is 2.17 bits per heavy atom. The Bertz CT molecular complexity index is 973. The first kappa shape index (κ1) is 15.7. The number of carboxylic acids is 1. The zero-order chi connectivity index (χ0) is 17.3. The first-order valence-electron chi connectivity index (χ1n) is 7.39. The summed E-state index contributed by atoms with van der Waals surface area (Å²) in [6.07, 6.45) is 2.74. The molecule has 0 saturated carbocycles. The van der Waals surface area contributed by atoms with Crippen molar-refractivity contribution in [2.75, 3.05) is 5.32 Å². The minimum Gasteiger partial charge on any atom is -0.480 e. The number of imidazole rings is 1. The lowest BCUT2D eigenvalue weighted by Gasteiger charge is -2.08. The second-order valence-corrected chi connectivity index (χ2v) is 5.49. The highest BCUT2D eigenvalue weighted by atomic mass is 16.4. The number of carboxylic acid groups (broad SMARTS) is 1. The van der Waals surface area contributed by atoms with E-state index in [1.54, 1.807) is 0 Å². The number of aliphatic carboxylic acids is 1. The fraction of sp³-hybridized carbons (Fsp3) is 0.250. The Labute approximate surface area is 137 Å². The van der Waals surface area contributed by atoms with Gasteiger partial charge in [-0.2, -0.15) is 0 Å². The lowest BCUT2D eigenvalue weighted by molar-refractivity contribution is -0.137. The number of carbonyl (C=O) groups is 1. The van der Waals surface area contributed by atoms with E-state index in [-0.39, 0.29) is 5.82 Å². The third-order valence-electron chi connectivity index (χ3n) is 3.82. The lowest BCUT2D eigenvalue weighted by Crippen LogP contribution is -2.27. The first-order valence-corrected chi connectivity index (χ1v) is 7.39. The molecule has 2 aromatic heterocycles. The number of hydrogen-bond donors (Lipinski definition) is 2. The third kappa shape index (κ3) is 2.85. The predicted octanol–water partition coefficient (Wildman–Crippen LogP) is 1.14. The maximum atomic E-state index is 12.2. The molecule has 0 spiro atoms. The number of rotatable bonds is 5. The first-order chi connectivity index (χ1) is 11.5. The minimum atomic E-state index is -1.08. The Morgan fingerprint density at radius 1 is 1.38 bits per heavy atom. The molecule has 0 bridgehead atoms. The Kier molecular flexibility index (Phi) is 4.03. The van der Waals surface area contributed by atoms with Crippen molar-refractivity contribution in [1.29, 1.82) is 0 Å². The van der Waals surface area contributed by atoms with Crippen LogP contribution in [0.2, 0.25) is 0 Å². The summed E-state index contributed by atoms with van der Waals surface area (Å²) in [7, 11) is 1.92. The van der Waals surface area contributed by atoms with E-state index in [9.17, 15) is 9.59 Å². The summed E-state index contributed by atoms with van der Waals surface area (Å²) < 4.78 is 3.06. The molecule has 0 aliphatic rings. The molecule has 0 saturated heterocycles. The van der Waals surface area contributed by atoms with E-state index in [2.05, 4.69) is 15.3 Å². The molecule has 8 heteroatoms. The SMILES string of the molecule is Cc1cccc2nc(CNc3nccn(CC(=O)O)c3=O)n(C)c12.